The minimum absolute atomic E-state index is 0.137. The van der Waals surface area contributed by atoms with Gasteiger partial charge in [0.05, 0.1) is 6.04 Å². The number of urea groups is 1. The molecule has 0 bridgehead atoms. The molecule has 0 atom stereocenters. The number of rotatable bonds is 6. The molecule has 0 radical (unpaired) electrons. The summed E-state index contributed by atoms with van der Waals surface area (Å²) in [6, 6.07) is 21.6. The average molecular weight is 402 g/mol. The first-order chi connectivity index (χ1) is 14.8. The normalized spacial score (nSPS) is 14.5. The lowest BCUT2D eigenvalue weighted by Crippen LogP contribution is -2.43. The zero-order chi connectivity index (χ0) is 20.6. The number of carbonyl (C=O) groups is 1. The van der Waals surface area contributed by atoms with Gasteiger partial charge in [-0.15, -0.1) is 0 Å². The van der Waals surface area contributed by atoms with Gasteiger partial charge in [0.25, 0.3) is 0 Å². The second-order valence-corrected chi connectivity index (χ2v) is 7.59. The van der Waals surface area contributed by atoms with Crippen molar-refractivity contribution < 1.29 is 4.79 Å². The average Bonchev–Trinajstić information content (AvgIpc) is 2.83. The first-order valence-electron chi connectivity index (χ1n) is 10.5. The van der Waals surface area contributed by atoms with Gasteiger partial charge in [-0.3, -0.25) is 0 Å². The van der Waals surface area contributed by atoms with Crippen LogP contribution in [-0.4, -0.2) is 35.6 Å². The van der Waals surface area contributed by atoms with Crippen LogP contribution in [0.4, 0.5) is 10.7 Å². The summed E-state index contributed by atoms with van der Waals surface area (Å²) in [6.07, 6.45) is 5.57. The van der Waals surface area contributed by atoms with E-state index in [0.29, 0.717) is 12.5 Å². The van der Waals surface area contributed by atoms with E-state index in [-0.39, 0.29) is 12.1 Å². The van der Waals surface area contributed by atoms with E-state index in [1.807, 2.05) is 66.7 Å². The monoisotopic (exact) mass is 401 g/mol. The van der Waals surface area contributed by atoms with E-state index in [1.54, 1.807) is 12.4 Å². The van der Waals surface area contributed by atoms with E-state index >= 15 is 0 Å². The van der Waals surface area contributed by atoms with Gasteiger partial charge in [-0.1, -0.05) is 60.7 Å². The van der Waals surface area contributed by atoms with Crippen LogP contribution in [0.2, 0.25) is 0 Å². The molecule has 0 unspecified atom stereocenters. The number of hydrogen-bond acceptors (Lipinski definition) is 4. The molecule has 0 aliphatic carbocycles. The molecule has 30 heavy (non-hydrogen) atoms. The summed E-state index contributed by atoms with van der Waals surface area (Å²) in [5.74, 6) is 1.25. The highest BCUT2D eigenvalue weighted by atomic mass is 16.2. The summed E-state index contributed by atoms with van der Waals surface area (Å²) in [4.78, 5) is 23.5. The molecule has 6 heteroatoms. The van der Waals surface area contributed by atoms with Crippen molar-refractivity contribution in [1.82, 2.24) is 20.6 Å². The molecule has 2 amide bonds. The number of hydrogen-bond donors (Lipinski definition) is 2. The first-order valence-corrected chi connectivity index (χ1v) is 10.5. The molecule has 4 rings (SSSR count). The maximum atomic E-state index is 12.7. The van der Waals surface area contributed by atoms with E-state index in [1.165, 1.54) is 0 Å². The summed E-state index contributed by atoms with van der Waals surface area (Å²) in [5, 5.41) is 6.22. The van der Waals surface area contributed by atoms with Crippen LogP contribution in [0.1, 0.15) is 30.0 Å². The summed E-state index contributed by atoms with van der Waals surface area (Å²) in [5.41, 5.74) is 2.13. The second kappa shape index (κ2) is 9.87. The van der Waals surface area contributed by atoms with E-state index in [9.17, 15) is 4.79 Å². The highest BCUT2D eigenvalue weighted by molar-refractivity contribution is 5.75. The fourth-order valence-electron chi connectivity index (χ4n) is 3.86. The Labute approximate surface area is 177 Å². The van der Waals surface area contributed by atoms with Gasteiger partial charge in [0.15, 0.2) is 0 Å². The van der Waals surface area contributed by atoms with Gasteiger partial charge < -0.3 is 15.5 Å². The Morgan fingerprint density at radius 3 is 2.03 bits per heavy atom. The number of carbonyl (C=O) groups excluding carboxylic acids is 1. The lowest BCUT2D eigenvalue weighted by Gasteiger charge is -2.32. The van der Waals surface area contributed by atoms with E-state index in [2.05, 4.69) is 25.5 Å². The zero-order valence-corrected chi connectivity index (χ0v) is 16.9. The second-order valence-electron chi connectivity index (χ2n) is 7.59. The van der Waals surface area contributed by atoms with Crippen molar-refractivity contribution in [3.63, 3.8) is 0 Å². The third kappa shape index (κ3) is 5.14. The van der Waals surface area contributed by atoms with Gasteiger partial charge >= 0.3 is 6.03 Å². The molecule has 2 N–H and O–H groups in total. The zero-order valence-electron chi connectivity index (χ0n) is 16.9. The van der Waals surface area contributed by atoms with Crippen molar-refractivity contribution >= 4 is 12.0 Å². The number of anilines is 1. The van der Waals surface area contributed by atoms with Crippen molar-refractivity contribution in [3.05, 3.63) is 90.3 Å². The smallest absolute Gasteiger partial charge is 0.315 e. The SMILES string of the molecule is O=C(NCC1CCN(c2ncccn2)CC1)NC(c1ccccc1)c1ccccc1. The number of aromatic nitrogens is 2. The number of amides is 2. The van der Waals surface area contributed by atoms with Gasteiger partial charge in [0, 0.05) is 32.0 Å². The molecule has 2 aromatic carbocycles. The Balaban J connectivity index is 1.30. The fraction of sp³-hybridized carbons (Fsp3) is 0.292. The Morgan fingerprint density at radius 2 is 1.47 bits per heavy atom. The maximum Gasteiger partial charge on any atom is 0.315 e. The van der Waals surface area contributed by atoms with Crippen LogP contribution in [-0.2, 0) is 0 Å². The first kappa shape index (κ1) is 19.9. The highest BCUT2D eigenvalue weighted by Crippen LogP contribution is 2.22. The minimum Gasteiger partial charge on any atom is -0.341 e. The number of piperidine rings is 1. The molecular formula is C24H27N5O. The van der Waals surface area contributed by atoms with Crippen molar-refractivity contribution in [2.24, 2.45) is 5.92 Å². The molecular weight excluding hydrogens is 374 g/mol. The third-order valence-corrected chi connectivity index (χ3v) is 5.54. The fourth-order valence-corrected chi connectivity index (χ4v) is 3.86. The summed E-state index contributed by atoms with van der Waals surface area (Å²) in [7, 11) is 0. The van der Waals surface area contributed by atoms with Crippen LogP contribution < -0.4 is 15.5 Å². The quantitative estimate of drug-likeness (QED) is 0.659. The third-order valence-electron chi connectivity index (χ3n) is 5.54. The maximum absolute atomic E-state index is 12.7. The van der Waals surface area contributed by atoms with Crippen LogP contribution in [0, 0.1) is 5.92 Å². The molecule has 154 valence electrons. The van der Waals surface area contributed by atoms with Crippen molar-refractivity contribution in [3.8, 4) is 0 Å². The van der Waals surface area contributed by atoms with Crippen LogP contribution >= 0.6 is 0 Å². The minimum atomic E-state index is -0.176. The lowest BCUT2D eigenvalue weighted by atomic mass is 9.97. The highest BCUT2D eigenvalue weighted by Gasteiger charge is 2.22. The molecule has 1 aromatic heterocycles. The molecule has 0 saturated carbocycles. The molecule has 1 saturated heterocycles. The molecule has 1 fully saturated rings. The van der Waals surface area contributed by atoms with Gasteiger partial charge in [-0.25, -0.2) is 14.8 Å². The Hall–Kier alpha value is -3.41. The predicted octanol–water partition coefficient (Wildman–Crippen LogP) is 3.78. The van der Waals surface area contributed by atoms with Gasteiger partial charge in [0.1, 0.15) is 0 Å². The molecule has 1 aliphatic heterocycles. The Bertz CT molecular complexity index is 873. The molecule has 0 spiro atoms. The van der Waals surface area contributed by atoms with E-state index in [0.717, 1.165) is 43.0 Å². The van der Waals surface area contributed by atoms with Gasteiger partial charge in [0.2, 0.25) is 5.95 Å². The van der Waals surface area contributed by atoms with Crippen LogP contribution in [0.5, 0.6) is 0 Å². The summed E-state index contributed by atoms with van der Waals surface area (Å²) >= 11 is 0. The van der Waals surface area contributed by atoms with Crippen molar-refractivity contribution in [2.45, 2.75) is 18.9 Å². The lowest BCUT2D eigenvalue weighted by molar-refractivity contribution is 0.235. The largest absolute Gasteiger partial charge is 0.341 e. The Kier molecular flexibility index (Phi) is 6.54. The predicted molar refractivity (Wildman–Crippen MR) is 118 cm³/mol. The topological polar surface area (TPSA) is 70.2 Å². The summed E-state index contributed by atoms with van der Waals surface area (Å²) in [6.45, 7) is 2.49. The van der Waals surface area contributed by atoms with E-state index < -0.39 is 0 Å². The van der Waals surface area contributed by atoms with E-state index in [4.69, 9.17) is 0 Å². The van der Waals surface area contributed by atoms with Gasteiger partial charge in [-0.2, -0.15) is 0 Å². The number of nitrogens with zero attached hydrogens (tertiary/aromatic N) is 3. The molecule has 3 aromatic rings. The van der Waals surface area contributed by atoms with Crippen molar-refractivity contribution in [1.29, 1.82) is 0 Å². The standard InChI is InChI=1S/C24H27N5O/c30-24(27-18-19-12-16-29(17-13-19)23-25-14-7-15-26-23)28-22(20-8-3-1-4-9-20)21-10-5-2-6-11-21/h1-11,14-15,19,22H,12-13,16-18H2,(H2,27,28,30). The van der Waals surface area contributed by atoms with Crippen LogP contribution in [0.15, 0.2) is 79.1 Å². The number of nitrogens with one attached hydrogen (secondary N) is 2. The molecule has 1 aliphatic rings. The van der Waals surface area contributed by atoms with Crippen LogP contribution in [0.25, 0.3) is 0 Å². The number of benzene rings is 2. The molecule has 6 nitrogen and oxygen atoms in total. The van der Waals surface area contributed by atoms with Crippen LogP contribution in [0.3, 0.4) is 0 Å². The van der Waals surface area contributed by atoms with Crippen molar-refractivity contribution in [2.75, 3.05) is 24.5 Å². The Morgan fingerprint density at radius 1 is 0.900 bits per heavy atom. The van der Waals surface area contributed by atoms with Gasteiger partial charge in [-0.05, 0) is 36.0 Å². The summed E-state index contributed by atoms with van der Waals surface area (Å²) < 4.78 is 0. The molecule has 2 heterocycles.